The topological polar surface area (TPSA) is 133 Å². The van der Waals surface area contributed by atoms with E-state index < -0.39 is 5.82 Å². The van der Waals surface area contributed by atoms with Crippen molar-refractivity contribution in [2.75, 3.05) is 38.5 Å². The van der Waals surface area contributed by atoms with Gasteiger partial charge in [0.15, 0.2) is 0 Å². The summed E-state index contributed by atoms with van der Waals surface area (Å²) in [6.45, 7) is 3.00. The first-order chi connectivity index (χ1) is 17.5. The van der Waals surface area contributed by atoms with Gasteiger partial charge in [-0.15, -0.1) is 0 Å². The maximum atomic E-state index is 14.3. The molecule has 0 spiro atoms. The number of aromatic nitrogens is 5. The van der Waals surface area contributed by atoms with E-state index in [1.54, 1.807) is 11.1 Å². The molecular weight excluding hydrogens is 461 g/mol. The zero-order valence-electron chi connectivity index (χ0n) is 19.6. The standard InChI is InChI=1S/C25H26FN9O/c26-22-12-18(28)2-3-20(22)25(36)34-9-1-8-33(10-11-34)15-19(4-6-27)35-14-17(13-32-35)23-21-5-7-29-24(21)31-16-30-23/h2-3,5,7,12-14,16,19H,1,4,8-11,15,28H2,(H,29,30,31). The number of hydrogen-bond acceptors (Lipinski definition) is 7. The van der Waals surface area contributed by atoms with Gasteiger partial charge in [-0.25, -0.2) is 14.4 Å². The van der Waals surface area contributed by atoms with Crippen LogP contribution < -0.4 is 5.73 Å². The normalized spacial score (nSPS) is 15.5. The number of halogens is 1. The number of amides is 1. The van der Waals surface area contributed by atoms with Crippen molar-refractivity contribution >= 4 is 22.6 Å². The van der Waals surface area contributed by atoms with Crippen LogP contribution in [0.1, 0.15) is 29.2 Å². The molecule has 1 aromatic carbocycles. The molecule has 1 aliphatic heterocycles. The number of rotatable bonds is 6. The van der Waals surface area contributed by atoms with E-state index in [1.165, 1.54) is 24.5 Å². The highest BCUT2D eigenvalue weighted by atomic mass is 19.1. The summed E-state index contributed by atoms with van der Waals surface area (Å²) >= 11 is 0. The molecule has 0 saturated carbocycles. The molecule has 36 heavy (non-hydrogen) atoms. The Morgan fingerprint density at radius 1 is 1.22 bits per heavy atom. The molecule has 1 saturated heterocycles. The Balaban J connectivity index is 1.28. The SMILES string of the molecule is N#CCC(CN1CCCN(C(=O)c2ccc(N)cc2F)CC1)n1cc(-c2ncnc3[nH]ccc23)cn1. The predicted octanol–water partition coefficient (Wildman–Crippen LogP) is 2.85. The van der Waals surface area contributed by atoms with Gasteiger partial charge >= 0.3 is 0 Å². The highest BCUT2D eigenvalue weighted by molar-refractivity contribution is 5.95. The summed E-state index contributed by atoms with van der Waals surface area (Å²) in [5.41, 5.74) is 8.31. The lowest BCUT2D eigenvalue weighted by molar-refractivity contribution is 0.0756. The van der Waals surface area contributed by atoms with Crippen molar-refractivity contribution in [3.05, 3.63) is 60.6 Å². The van der Waals surface area contributed by atoms with Crippen LogP contribution in [-0.2, 0) is 0 Å². The minimum absolute atomic E-state index is 0.0327. The van der Waals surface area contributed by atoms with Crippen molar-refractivity contribution in [3.63, 3.8) is 0 Å². The van der Waals surface area contributed by atoms with Crippen molar-refractivity contribution in [2.24, 2.45) is 0 Å². The maximum Gasteiger partial charge on any atom is 0.256 e. The average Bonchev–Trinajstić information content (AvgIpc) is 3.49. The molecule has 3 aromatic heterocycles. The van der Waals surface area contributed by atoms with E-state index in [0.29, 0.717) is 32.6 Å². The van der Waals surface area contributed by atoms with Crippen LogP contribution in [0.15, 0.2) is 49.2 Å². The molecule has 4 heterocycles. The number of carbonyl (C=O) groups excluding carboxylic acids is 1. The smallest absolute Gasteiger partial charge is 0.256 e. The summed E-state index contributed by atoms with van der Waals surface area (Å²) < 4.78 is 16.1. The first kappa shape index (κ1) is 23.4. The fourth-order valence-electron chi connectivity index (χ4n) is 4.64. The molecule has 1 atom stereocenters. The number of carbonyl (C=O) groups is 1. The van der Waals surface area contributed by atoms with Gasteiger partial charge in [0, 0.05) is 55.2 Å². The number of nitrogens with zero attached hydrogens (tertiary/aromatic N) is 7. The van der Waals surface area contributed by atoms with E-state index in [-0.39, 0.29) is 23.2 Å². The van der Waals surface area contributed by atoms with E-state index >= 15 is 0 Å². The van der Waals surface area contributed by atoms with Crippen molar-refractivity contribution in [1.82, 2.24) is 34.5 Å². The van der Waals surface area contributed by atoms with Crippen LogP contribution in [0.3, 0.4) is 0 Å². The highest BCUT2D eigenvalue weighted by Crippen LogP contribution is 2.26. The average molecular weight is 488 g/mol. The van der Waals surface area contributed by atoms with Crippen LogP contribution in [0.2, 0.25) is 0 Å². The highest BCUT2D eigenvalue weighted by Gasteiger charge is 2.25. The van der Waals surface area contributed by atoms with Gasteiger partial charge in [-0.3, -0.25) is 14.4 Å². The lowest BCUT2D eigenvalue weighted by Gasteiger charge is -2.25. The summed E-state index contributed by atoms with van der Waals surface area (Å²) in [6, 6.07) is 8.18. The summed E-state index contributed by atoms with van der Waals surface area (Å²) in [5, 5.41) is 14.9. The lowest BCUT2D eigenvalue weighted by Crippen LogP contribution is -2.37. The van der Waals surface area contributed by atoms with Crippen molar-refractivity contribution in [3.8, 4) is 17.3 Å². The van der Waals surface area contributed by atoms with Gasteiger partial charge in [0.1, 0.15) is 17.8 Å². The summed E-state index contributed by atoms with van der Waals surface area (Å²) in [7, 11) is 0. The Morgan fingerprint density at radius 2 is 2.11 bits per heavy atom. The van der Waals surface area contributed by atoms with Crippen LogP contribution in [0.25, 0.3) is 22.3 Å². The zero-order valence-corrected chi connectivity index (χ0v) is 19.6. The monoisotopic (exact) mass is 487 g/mol. The number of H-pyrrole nitrogens is 1. The zero-order chi connectivity index (χ0) is 25.1. The van der Waals surface area contributed by atoms with Gasteiger partial charge in [0.25, 0.3) is 5.91 Å². The van der Waals surface area contributed by atoms with Crippen LogP contribution >= 0.6 is 0 Å². The largest absolute Gasteiger partial charge is 0.399 e. The van der Waals surface area contributed by atoms with Crippen LogP contribution in [0.5, 0.6) is 0 Å². The number of benzene rings is 1. The first-order valence-corrected chi connectivity index (χ1v) is 11.8. The molecule has 1 unspecified atom stereocenters. The van der Waals surface area contributed by atoms with E-state index in [9.17, 15) is 14.4 Å². The number of nitrogen functional groups attached to an aromatic ring is 1. The molecule has 4 aromatic rings. The molecule has 184 valence electrons. The Kier molecular flexibility index (Phi) is 6.60. The Morgan fingerprint density at radius 3 is 2.94 bits per heavy atom. The molecule has 3 N–H and O–H groups in total. The number of fused-ring (bicyclic) bond motifs is 1. The second kappa shape index (κ2) is 10.1. The molecule has 0 aliphatic carbocycles. The van der Waals surface area contributed by atoms with Crippen molar-refractivity contribution < 1.29 is 9.18 Å². The van der Waals surface area contributed by atoms with Gasteiger partial charge in [-0.05, 0) is 37.2 Å². The number of nitrogens with two attached hydrogens (primary N) is 1. The molecule has 10 nitrogen and oxygen atoms in total. The Labute approximate surface area is 207 Å². The number of nitrogens with one attached hydrogen (secondary N) is 1. The third kappa shape index (κ3) is 4.76. The molecule has 0 radical (unpaired) electrons. The van der Waals surface area contributed by atoms with Crippen molar-refractivity contribution in [2.45, 2.75) is 18.9 Å². The molecule has 1 aliphatic rings. The van der Waals surface area contributed by atoms with E-state index in [2.05, 4.69) is 31.0 Å². The van der Waals surface area contributed by atoms with E-state index in [0.717, 1.165) is 35.3 Å². The quantitative estimate of drug-likeness (QED) is 0.400. The van der Waals surface area contributed by atoms with Gasteiger partial charge in [0.05, 0.1) is 36.0 Å². The number of anilines is 1. The molecule has 1 amide bonds. The number of nitriles is 1. The predicted molar refractivity (Wildman–Crippen MR) is 132 cm³/mol. The van der Waals surface area contributed by atoms with Crippen LogP contribution in [0.4, 0.5) is 10.1 Å². The molecule has 11 heteroatoms. The van der Waals surface area contributed by atoms with E-state index in [4.69, 9.17) is 5.73 Å². The van der Waals surface area contributed by atoms with E-state index in [1.807, 2.05) is 23.1 Å². The van der Waals surface area contributed by atoms with Crippen LogP contribution in [-0.4, -0.2) is 73.2 Å². The Hall–Kier alpha value is -4.30. The maximum absolute atomic E-state index is 14.3. The van der Waals surface area contributed by atoms with Crippen molar-refractivity contribution in [1.29, 1.82) is 5.26 Å². The van der Waals surface area contributed by atoms with Gasteiger partial charge in [-0.2, -0.15) is 10.4 Å². The van der Waals surface area contributed by atoms with Gasteiger partial charge in [-0.1, -0.05) is 0 Å². The first-order valence-electron chi connectivity index (χ1n) is 11.8. The fraction of sp³-hybridized carbons (Fsp3) is 0.320. The third-order valence-electron chi connectivity index (χ3n) is 6.50. The molecule has 5 rings (SSSR count). The fourth-order valence-corrected chi connectivity index (χ4v) is 4.64. The summed E-state index contributed by atoms with van der Waals surface area (Å²) in [6.07, 6.45) is 8.04. The third-order valence-corrected chi connectivity index (χ3v) is 6.50. The van der Waals surface area contributed by atoms with Gasteiger partial charge in [0.2, 0.25) is 0 Å². The minimum Gasteiger partial charge on any atom is -0.399 e. The number of aromatic amines is 1. The second-order valence-corrected chi connectivity index (χ2v) is 8.87. The Bertz CT molecular complexity index is 1420. The summed E-state index contributed by atoms with van der Waals surface area (Å²) in [5.74, 6) is -0.939. The molecular formula is C25H26FN9O. The molecule has 1 fully saturated rings. The summed E-state index contributed by atoms with van der Waals surface area (Å²) in [4.78, 5) is 28.6. The van der Waals surface area contributed by atoms with Crippen LogP contribution in [0, 0.1) is 17.1 Å². The second-order valence-electron chi connectivity index (χ2n) is 8.87. The lowest BCUT2D eigenvalue weighted by atomic mass is 10.1. The van der Waals surface area contributed by atoms with Gasteiger partial charge < -0.3 is 15.6 Å². The minimum atomic E-state index is -0.606. The molecule has 0 bridgehead atoms. The number of hydrogen-bond donors (Lipinski definition) is 2.